The number of phosphoric ester groups is 2. The third kappa shape index (κ3) is 74.9. The molecule has 0 saturated heterocycles. The van der Waals surface area contributed by atoms with Gasteiger partial charge in [-0.15, -0.1) is 0 Å². The van der Waals surface area contributed by atoms with Crippen LogP contribution in [0.3, 0.4) is 0 Å². The maximum atomic E-state index is 13.1. The van der Waals surface area contributed by atoms with E-state index in [9.17, 15) is 43.2 Å². The largest absolute Gasteiger partial charge is 0.472 e. The highest BCUT2D eigenvalue weighted by Crippen LogP contribution is 2.45. The Hall–Kier alpha value is -5.32. The first kappa shape index (κ1) is 98.7. The number of aliphatic hydroxyl groups excluding tert-OH is 1. The van der Waals surface area contributed by atoms with Gasteiger partial charge in [-0.3, -0.25) is 37.3 Å². The van der Waals surface area contributed by atoms with Gasteiger partial charge in [0.05, 0.1) is 26.4 Å². The Morgan fingerprint density at radius 1 is 0.279 bits per heavy atom. The number of esters is 4. The van der Waals surface area contributed by atoms with E-state index in [0.717, 1.165) is 173 Å². The number of ether oxygens (including phenoxy) is 4. The van der Waals surface area contributed by atoms with Crippen LogP contribution in [0.15, 0.2) is 158 Å². The van der Waals surface area contributed by atoms with E-state index in [4.69, 9.17) is 37.0 Å². The Kier molecular flexibility index (Phi) is 72.0. The van der Waals surface area contributed by atoms with Gasteiger partial charge >= 0.3 is 39.5 Å². The molecule has 0 rings (SSSR count). The van der Waals surface area contributed by atoms with E-state index in [-0.39, 0.29) is 25.7 Å². The maximum absolute atomic E-state index is 13.1. The summed E-state index contributed by atoms with van der Waals surface area (Å²) in [7, 11) is -9.99. The molecule has 592 valence electrons. The van der Waals surface area contributed by atoms with Gasteiger partial charge in [-0.2, -0.15) is 0 Å². The number of carbonyl (C=O) groups excluding carboxylic acids is 4. The molecule has 0 aliphatic carbocycles. The highest BCUT2D eigenvalue weighted by molar-refractivity contribution is 7.47. The first-order chi connectivity index (χ1) is 50.7. The summed E-state index contributed by atoms with van der Waals surface area (Å²) in [6.07, 6.45) is 88.0. The van der Waals surface area contributed by atoms with Gasteiger partial charge < -0.3 is 33.8 Å². The zero-order valence-corrected chi connectivity index (χ0v) is 66.4. The van der Waals surface area contributed by atoms with Crippen LogP contribution in [0.1, 0.15) is 297 Å². The summed E-state index contributed by atoms with van der Waals surface area (Å²) in [6.45, 7) is 4.42. The van der Waals surface area contributed by atoms with Crippen molar-refractivity contribution in [1.82, 2.24) is 0 Å². The van der Waals surface area contributed by atoms with Crippen molar-refractivity contribution in [3.63, 3.8) is 0 Å². The number of allylic oxidation sites excluding steroid dienone is 26. The molecule has 0 aromatic carbocycles. The third-order valence-corrected chi connectivity index (χ3v) is 17.9. The van der Waals surface area contributed by atoms with Crippen molar-refractivity contribution in [3.8, 4) is 0 Å². The fourth-order valence-electron chi connectivity index (χ4n) is 10.1. The Morgan fingerprint density at radius 2 is 0.500 bits per heavy atom. The number of unbranched alkanes of at least 4 members (excludes halogenated alkanes) is 21. The SMILES string of the molecule is CC/C=C\C/C=C\C/C=C\C/C=C\C/C=C\CCCCCC(=O)OCC(COP(=O)(O)OCC(O)COP(=O)(O)OCC(COC(=O)CCCCCCCC/C=C\C/C=C\C/C=C\C/C=C\CC)OC(=O)CCCC/C=C\C/C=C\C/C=C\C/C=C\CC)OC(=O)CCCCCCCCCCCCC. The average Bonchev–Trinajstić information content (AvgIpc) is 0.931. The third-order valence-electron chi connectivity index (χ3n) is 16.0. The molecule has 0 saturated carbocycles. The van der Waals surface area contributed by atoms with Crippen molar-refractivity contribution >= 4 is 39.5 Å². The van der Waals surface area contributed by atoms with Crippen LogP contribution in [-0.2, 0) is 65.4 Å². The number of carbonyl (C=O) groups is 4. The Bertz CT molecular complexity index is 2590. The van der Waals surface area contributed by atoms with Gasteiger partial charge in [-0.05, 0) is 148 Å². The fraction of sp³-hybridized carbons (Fsp3) is 0.647. The van der Waals surface area contributed by atoms with E-state index in [2.05, 4.69) is 186 Å². The van der Waals surface area contributed by atoms with Crippen LogP contribution < -0.4 is 0 Å². The summed E-state index contributed by atoms with van der Waals surface area (Å²) in [6, 6.07) is 0. The summed E-state index contributed by atoms with van der Waals surface area (Å²) in [5.41, 5.74) is 0. The molecule has 0 bridgehead atoms. The van der Waals surface area contributed by atoms with Gasteiger partial charge in [0.25, 0.3) is 0 Å². The number of aliphatic hydroxyl groups is 1. The molecule has 3 N–H and O–H groups in total. The summed E-state index contributed by atoms with van der Waals surface area (Å²) in [5.74, 6) is -2.28. The number of hydrogen-bond donors (Lipinski definition) is 3. The fourth-order valence-corrected chi connectivity index (χ4v) is 11.6. The molecule has 0 fully saturated rings. The zero-order chi connectivity index (χ0) is 76.0. The Balaban J connectivity index is 5.40. The minimum absolute atomic E-state index is 0.0341. The molecule has 0 heterocycles. The van der Waals surface area contributed by atoms with Gasteiger partial charge in [-0.25, -0.2) is 9.13 Å². The summed E-state index contributed by atoms with van der Waals surface area (Å²) >= 11 is 0. The number of hydrogen-bond acceptors (Lipinski definition) is 15. The standard InChI is InChI=1S/C85H140O17P2/c1-5-9-13-17-21-25-29-32-35-37-39-41-44-46-50-53-57-61-65-69-82(87)95-75-80(101-84(89)71-67-63-59-55-49-28-24-20-16-12-8-4)77-99-103(91,92)97-73-79(86)74-98-104(93,94)100-78-81(102-85(90)72-68-64-60-56-52-48-43-34-31-27-23-19-15-11-7-3)76-96-83(88)70-66-62-58-54-51-47-45-42-40-38-36-33-30-26-22-18-14-10-6-2/h9-11,13-15,21-23,25-27,32-36,39-43,46,50,52,56,79-81,86H,5-8,12,16-20,24,28-31,37-38,44-45,47-49,51,53-55,57-78H2,1-4H3,(H,91,92)(H,93,94)/b13-9-,14-10-,15-11-,25-21-,26-22-,27-23-,35-32-,36-33-,41-39-,42-40-,43-34-,50-46-,56-52-. The van der Waals surface area contributed by atoms with Crippen molar-refractivity contribution in [1.29, 1.82) is 0 Å². The Morgan fingerprint density at radius 3 is 0.798 bits per heavy atom. The molecule has 0 aromatic heterocycles. The summed E-state index contributed by atoms with van der Waals surface area (Å²) in [5, 5.41) is 10.6. The molecule has 5 atom stereocenters. The molecule has 19 heteroatoms. The molecule has 0 radical (unpaired) electrons. The van der Waals surface area contributed by atoms with Gasteiger partial charge in [0.2, 0.25) is 0 Å². The molecule has 0 aliphatic heterocycles. The van der Waals surface area contributed by atoms with E-state index in [1.54, 1.807) is 0 Å². The van der Waals surface area contributed by atoms with Crippen molar-refractivity contribution < 1.29 is 80.2 Å². The topological polar surface area (TPSA) is 237 Å². The van der Waals surface area contributed by atoms with Crippen LogP contribution in [0, 0.1) is 0 Å². The number of rotatable bonds is 73. The predicted molar refractivity (Wildman–Crippen MR) is 427 cm³/mol. The molecular weight excluding hydrogens is 1350 g/mol. The minimum Gasteiger partial charge on any atom is -0.462 e. The van der Waals surface area contributed by atoms with E-state index in [1.807, 2.05) is 0 Å². The van der Waals surface area contributed by atoms with Crippen molar-refractivity contribution in [2.75, 3.05) is 39.6 Å². The van der Waals surface area contributed by atoms with E-state index >= 15 is 0 Å². The van der Waals surface area contributed by atoms with Crippen LogP contribution in [0.4, 0.5) is 0 Å². The predicted octanol–water partition coefficient (Wildman–Crippen LogP) is 23.2. The summed E-state index contributed by atoms with van der Waals surface area (Å²) in [4.78, 5) is 73.0. The minimum atomic E-state index is -5.00. The molecule has 0 spiro atoms. The highest BCUT2D eigenvalue weighted by atomic mass is 31.2. The van der Waals surface area contributed by atoms with Crippen LogP contribution in [0.25, 0.3) is 0 Å². The quantitative estimate of drug-likeness (QED) is 0.0169. The van der Waals surface area contributed by atoms with Crippen LogP contribution in [0.5, 0.6) is 0 Å². The van der Waals surface area contributed by atoms with Crippen molar-refractivity contribution in [3.05, 3.63) is 158 Å². The van der Waals surface area contributed by atoms with E-state index < -0.39 is 97.5 Å². The lowest BCUT2D eigenvalue weighted by Crippen LogP contribution is -2.30. The zero-order valence-electron chi connectivity index (χ0n) is 64.6. The average molecular weight is 1500 g/mol. The highest BCUT2D eigenvalue weighted by Gasteiger charge is 2.30. The lowest BCUT2D eigenvalue weighted by Gasteiger charge is -2.21. The molecule has 0 aromatic rings. The summed E-state index contributed by atoms with van der Waals surface area (Å²) < 4.78 is 68.5. The maximum Gasteiger partial charge on any atom is 0.472 e. The Labute approximate surface area is 629 Å². The first-order valence-corrected chi connectivity index (χ1v) is 42.7. The molecule has 17 nitrogen and oxygen atoms in total. The monoisotopic (exact) mass is 1490 g/mol. The van der Waals surface area contributed by atoms with Crippen LogP contribution >= 0.6 is 15.6 Å². The van der Waals surface area contributed by atoms with Crippen LogP contribution in [-0.4, -0.2) is 96.7 Å². The second-order valence-electron chi connectivity index (χ2n) is 25.9. The van der Waals surface area contributed by atoms with Gasteiger partial charge in [0.15, 0.2) is 12.2 Å². The van der Waals surface area contributed by atoms with Gasteiger partial charge in [0.1, 0.15) is 19.3 Å². The molecule has 5 unspecified atom stereocenters. The second kappa shape index (κ2) is 75.9. The van der Waals surface area contributed by atoms with E-state index in [1.165, 1.54) is 38.5 Å². The molecule has 104 heavy (non-hydrogen) atoms. The normalized spacial score (nSPS) is 14.7. The second-order valence-corrected chi connectivity index (χ2v) is 28.8. The first-order valence-electron chi connectivity index (χ1n) is 39.7. The lowest BCUT2D eigenvalue weighted by atomic mass is 10.1. The number of phosphoric acid groups is 2. The lowest BCUT2D eigenvalue weighted by molar-refractivity contribution is -0.161. The molecule has 0 amide bonds. The van der Waals surface area contributed by atoms with Gasteiger partial charge in [-0.1, -0.05) is 282 Å². The molecular formula is C85H140O17P2. The van der Waals surface area contributed by atoms with Gasteiger partial charge in [0, 0.05) is 25.7 Å². The smallest absolute Gasteiger partial charge is 0.462 e. The van der Waals surface area contributed by atoms with Crippen molar-refractivity contribution in [2.24, 2.45) is 0 Å². The molecule has 0 aliphatic rings. The van der Waals surface area contributed by atoms with E-state index in [0.29, 0.717) is 32.1 Å². The van der Waals surface area contributed by atoms with Crippen molar-refractivity contribution in [2.45, 2.75) is 316 Å². The van der Waals surface area contributed by atoms with Crippen LogP contribution in [0.2, 0.25) is 0 Å².